The molecule has 0 saturated heterocycles. The van der Waals surface area contributed by atoms with Crippen molar-refractivity contribution in [2.24, 2.45) is 0 Å². The van der Waals surface area contributed by atoms with Gasteiger partial charge in [0, 0.05) is 19.2 Å². The Morgan fingerprint density at radius 2 is 2.26 bits per heavy atom. The summed E-state index contributed by atoms with van der Waals surface area (Å²) in [6, 6.07) is 5.59. The van der Waals surface area contributed by atoms with Crippen molar-refractivity contribution >= 4 is 51.0 Å². The van der Waals surface area contributed by atoms with E-state index >= 15 is 0 Å². The van der Waals surface area contributed by atoms with E-state index in [4.69, 9.17) is 5.11 Å². The first-order valence-corrected chi connectivity index (χ1v) is 6.80. The summed E-state index contributed by atoms with van der Waals surface area (Å²) in [5.41, 5.74) is 1.66. The molecule has 0 fully saturated rings. The van der Waals surface area contributed by atoms with Gasteiger partial charge in [0.15, 0.2) is 5.12 Å². The minimum Gasteiger partial charge on any atom is -0.481 e. The molecule has 0 bridgehead atoms. The van der Waals surface area contributed by atoms with Crippen molar-refractivity contribution in [3.63, 3.8) is 0 Å². The quantitative estimate of drug-likeness (QED) is 0.738. The molecule has 0 aliphatic carbocycles. The third-order valence-corrected chi connectivity index (χ3v) is 3.98. The lowest BCUT2D eigenvalue weighted by Crippen LogP contribution is -2.13. The van der Waals surface area contributed by atoms with Gasteiger partial charge in [0.25, 0.3) is 0 Å². The number of hydrogen-bond donors (Lipinski definition) is 3. The fourth-order valence-electron chi connectivity index (χ4n) is 1.70. The van der Waals surface area contributed by atoms with Gasteiger partial charge in [0.05, 0.1) is 10.2 Å². The van der Waals surface area contributed by atoms with Crippen LogP contribution in [0.1, 0.15) is 17.3 Å². The summed E-state index contributed by atoms with van der Waals surface area (Å²) < 4.78 is 0.889. The van der Waals surface area contributed by atoms with E-state index in [2.05, 4.69) is 22.9 Å². The maximum atomic E-state index is 11.2. The van der Waals surface area contributed by atoms with Gasteiger partial charge in [0.1, 0.15) is 10.9 Å². The van der Waals surface area contributed by atoms with Gasteiger partial charge >= 0.3 is 5.97 Å². The topological polar surface area (TPSA) is 79.3 Å². The molecule has 100 valence electrons. The first kappa shape index (κ1) is 13.8. The summed E-state index contributed by atoms with van der Waals surface area (Å²) in [5, 5.41) is 12.2. The molecule has 2 aromatic rings. The predicted octanol–water partition coefficient (Wildman–Crippen LogP) is 2.35. The van der Waals surface area contributed by atoms with Crippen LogP contribution in [0, 0.1) is 0 Å². The lowest BCUT2D eigenvalue weighted by molar-refractivity contribution is -0.139. The smallest absolute Gasteiger partial charge is 0.313 e. The zero-order chi connectivity index (χ0) is 14.0. The maximum absolute atomic E-state index is 11.2. The van der Waals surface area contributed by atoms with Crippen molar-refractivity contribution in [1.29, 1.82) is 0 Å². The standard InChI is InChI=1S/C12H12N2O3S2/c1-13-6-2-3-8-9(4-6)19-11(14-8)7(12(16)17)5-10(15)18/h2-4,7,13H,5H2,1H3,(H,15,18)(H,16,17). The van der Waals surface area contributed by atoms with Crippen molar-refractivity contribution in [2.75, 3.05) is 12.4 Å². The van der Waals surface area contributed by atoms with Crippen molar-refractivity contribution in [2.45, 2.75) is 12.3 Å². The minimum absolute atomic E-state index is 0.156. The van der Waals surface area contributed by atoms with Crippen molar-refractivity contribution in [1.82, 2.24) is 4.98 Å². The third-order valence-electron chi connectivity index (χ3n) is 2.67. The molecule has 1 unspecified atom stereocenters. The average Bonchev–Trinajstić information content (AvgIpc) is 2.77. The Balaban J connectivity index is 2.42. The van der Waals surface area contributed by atoms with Gasteiger partial charge in [-0.25, -0.2) is 4.98 Å². The first-order valence-electron chi connectivity index (χ1n) is 5.54. The van der Waals surface area contributed by atoms with Gasteiger partial charge in [-0.2, -0.15) is 0 Å². The Kier molecular flexibility index (Phi) is 4.06. The fraction of sp³-hybridized carbons (Fsp3) is 0.250. The molecule has 2 N–H and O–H groups in total. The molecule has 0 saturated carbocycles. The van der Waals surface area contributed by atoms with Gasteiger partial charge in [-0.15, -0.1) is 24.0 Å². The van der Waals surface area contributed by atoms with Crippen LogP contribution in [0.4, 0.5) is 5.69 Å². The number of thiazole rings is 1. The molecule has 0 aliphatic rings. The second-order valence-electron chi connectivity index (χ2n) is 3.97. The van der Waals surface area contributed by atoms with Gasteiger partial charge in [-0.3, -0.25) is 9.59 Å². The summed E-state index contributed by atoms with van der Waals surface area (Å²) in [6.45, 7) is 0. The summed E-state index contributed by atoms with van der Waals surface area (Å²) in [5.74, 6) is -1.99. The second-order valence-corrected chi connectivity index (χ2v) is 5.53. The second kappa shape index (κ2) is 5.58. The van der Waals surface area contributed by atoms with Crippen molar-refractivity contribution in [3.8, 4) is 0 Å². The van der Waals surface area contributed by atoms with E-state index in [-0.39, 0.29) is 6.42 Å². The number of carboxylic acid groups (broad SMARTS) is 1. The van der Waals surface area contributed by atoms with Crippen molar-refractivity contribution < 1.29 is 14.7 Å². The number of nitrogens with one attached hydrogen (secondary N) is 1. The highest BCUT2D eigenvalue weighted by Crippen LogP contribution is 2.31. The molecule has 1 aromatic heterocycles. The van der Waals surface area contributed by atoms with E-state index in [1.807, 2.05) is 25.2 Å². The van der Waals surface area contributed by atoms with Crippen LogP contribution in [0.15, 0.2) is 18.2 Å². The molecule has 0 spiro atoms. The summed E-state index contributed by atoms with van der Waals surface area (Å²) in [6.07, 6.45) is -0.156. The van der Waals surface area contributed by atoms with Crippen LogP contribution in [0.25, 0.3) is 10.2 Å². The van der Waals surface area contributed by atoms with Crippen molar-refractivity contribution in [3.05, 3.63) is 23.2 Å². The van der Waals surface area contributed by atoms with Gasteiger partial charge in [0.2, 0.25) is 0 Å². The fourth-order valence-corrected chi connectivity index (χ4v) is 2.98. The van der Waals surface area contributed by atoms with E-state index in [0.29, 0.717) is 5.01 Å². The molecule has 2 rings (SSSR count). The average molecular weight is 296 g/mol. The SMILES string of the molecule is CNc1ccc2nc(C(CC(=O)S)C(=O)O)sc2c1. The molecule has 0 aliphatic heterocycles. The number of rotatable bonds is 5. The Bertz CT molecular complexity index is 639. The molecule has 0 amide bonds. The monoisotopic (exact) mass is 296 g/mol. The Labute approximate surface area is 119 Å². The number of fused-ring (bicyclic) bond motifs is 1. The Hall–Kier alpha value is -1.60. The minimum atomic E-state index is -1.06. The van der Waals surface area contributed by atoms with Crippen LogP contribution in [0.5, 0.6) is 0 Å². The number of nitrogens with zero attached hydrogens (tertiary/aromatic N) is 1. The number of anilines is 1. The molecule has 19 heavy (non-hydrogen) atoms. The summed E-state index contributed by atoms with van der Waals surface area (Å²) in [4.78, 5) is 26.5. The van der Waals surface area contributed by atoms with Crippen LogP contribution >= 0.6 is 24.0 Å². The third kappa shape index (κ3) is 3.05. The van der Waals surface area contributed by atoms with Crippen LogP contribution in [0.2, 0.25) is 0 Å². The highest BCUT2D eigenvalue weighted by molar-refractivity contribution is 7.96. The van der Waals surface area contributed by atoms with E-state index in [9.17, 15) is 9.59 Å². The normalized spacial score (nSPS) is 12.3. The number of aromatic nitrogens is 1. The number of carboxylic acids is 1. The highest BCUT2D eigenvalue weighted by atomic mass is 32.1. The molecular formula is C12H12N2O3S2. The number of thiol groups is 1. The van der Waals surface area contributed by atoms with Crippen LogP contribution in [0.3, 0.4) is 0 Å². The molecule has 1 heterocycles. The number of aliphatic carboxylic acids is 1. The zero-order valence-electron chi connectivity index (χ0n) is 10.1. The van der Waals surface area contributed by atoms with Gasteiger partial charge in [-0.05, 0) is 18.2 Å². The Morgan fingerprint density at radius 3 is 2.84 bits per heavy atom. The number of hydrogen-bond acceptors (Lipinski definition) is 5. The molecular weight excluding hydrogens is 284 g/mol. The van der Waals surface area contributed by atoms with Gasteiger partial charge in [-0.1, -0.05) is 0 Å². The zero-order valence-corrected chi connectivity index (χ0v) is 11.8. The molecule has 7 heteroatoms. The number of carbonyl (C=O) groups is 2. The lowest BCUT2D eigenvalue weighted by atomic mass is 10.1. The predicted molar refractivity (Wildman–Crippen MR) is 78.2 cm³/mol. The molecule has 1 aromatic carbocycles. The van der Waals surface area contributed by atoms with E-state index in [1.165, 1.54) is 11.3 Å². The summed E-state index contributed by atoms with van der Waals surface area (Å²) in [7, 11) is 1.81. The largest absolute Gasteiger partial charge is 0.481 e. The first-order chi connectivity index (χ1) is 9.01. The number of benzene rings is 1. The lowest BCUT2D eigenvalue weighted by Gasteiger charge is -2.05. The van der Waals surface area contributed by atoms with Crippen LogP contribution in [-0.4, -0.2) is 28.2 Å². The van der Waals surface area contributed by atoms with E-state index < -0.39 is 17.0 Å². The molecule has 1 atom stereocenters. The van der Waals surface area contributed by atoms with Crippen LogP contribution < -0.4 is 5.32 Å². The van der Waals surface area contributed by atoms with Crippen LogP contribution in [-0.2, 0) is 9.59 Å². The molecule has 5 nitrogen and oxygen atoms in total. The Morgan fingerprint density at radius 1 is 1.53 bits per heavy atom. The number of carbonyl (C=O) groups excluding carboxylic acids is 1. The molecule has 0 radical (unpaired) electrons. The summed E-state index contributed by atoms with van der Waals surface area (Å²) >= 11 is 4.93. The van der Waals surface area contributed by atoms with E-state index in [0.717, 1.165) is 15.9 Å². The van der Waals surface area contributed by atoms with Gasteiger partial charge < -0.3 is 10.4 Å². The van der Waals surface area contributed by atoms with E-state index in [1.54, 1.807) is 0 Å². The highest BCUT2D eigenvalue weighted by Gasteiger charge is 2.25. The maximum Gasteiger partial charge on any atom is 0.313 e.